The van der Waals surface area contributed by atoms with Gasteiger partial charge in [0.1, 0.15) is 13.2 Å². The molecule has 0 aromatic carbocycles. The first-order chi connectivity index (χ1) is 33.0. The van der Waals surface area contributed by atoms with E-state index in [1.54, 1.807) is 0 Å². The zero-order chi connectivity index (χ0) is 48.6. The van der Waals surface area contributed by atoms with Gasteiger partial charge >= 0.3 is 17.9 Å². The Morgan fingerprint density at radius 2 is 0.537 bits per heavy atom. The van der Waals surface area contributed by atoms with E-state index in [2.05, 4.69) is 57.2 Å². The van der Waals surface area contributed by atoms with E-state index in [0.29, 0.717) is 19.3 Å². The number of unbranched alkanes of at least 4 members (excludes halogenated alkanes) is 37. The molecule has 6 nitrogen and oxygen atoms in total. The third-order valence-corrected chi connectivity index (χ3v) is 13.1. The summed E-state index contributed by atoms with van der Waals surface area (Å²) >= 11 is 0. The third-order valence-electron chi connectivity index (χ3n) is 13.1. The average Bonchev–Trinajstić information content (AvgIpc) is 3.33. The first-order valence-electron chi connectivity index (χ1n) is 29.5. The predicted molar refractivity (Wildman–Crippen MR) is 289 cm³/mol. The van der Waals surface area contributed by atoms with Crippen molar-refractivity contribution in [3.05, 3.63) is 36.5 Å². The molecule has 0 aromatic rings. The molecule has 0 fully saturated rings. The van der Waals surface area contributed by atoms with Crippen molar-refractivity contribution in [3.8, 4) is 0 Å². The molecule has 1 atom stereocenters. The van der Waals surface area contributed by atoms with Crippen LogP contribution in [-0.4, -0.2) is 37.2 Å². The maximum Gasteiger partial charge on any atom is 0.306 e. The van der Waals surface area contributed by atoms with E-state index in [1.165, 1.54) is 205 Å². The van der Waals surface area contributed by atoms with E-state index in [9.17, 15) is 14.4 Å². The number of rotatable bonds is 54. The van der Waals surface area contributed by atoms with Crippen LogP contribution in [0.15, 0.2) is 36.5 Å². The SMILES string of the molecule is CCCCC/C=C\C/C=C\C/C=C\CCCCC(=O)O[C@H](COC(=O)CCCCCCCCCCCCCCCCC)COC(=O)CCCCCCCCCCCCCCCCCCCCC. The van der Waals surface area contributed by atoms with Crippen LogP contribution in [0.1, 0.15) is 316 Å². The molecule has 392 valence electrons. The standard InChI is InChI=1S/C61H112O6/c1-4-7-10-13-16-19-22-25-28-29-30-31-34-36-39-42-45-48-51-54-60(63)66-57-58(67-61(64)55-52-49-46-43-40-37-33-27-24-21-18-15-12-9-6-3)56-65-59(62)53-50-47-44-41-38-35-32-26-23-20-17-14-11-8-5-2/h18,21,27,33,40,43,58H,4-17,19-20,22-26,28-32,34-39,41-42,44-57H2,1-3H3/b21-18-,33-27-,43-40-/t58-/m1/s1. The van der Waals surface area contributed by atoms with Gasteiger partial charge in [0.2, 0.25) is 0 Å². The number of allylic oxidation sites excluding steroid dienone is 6. The van der Waals surface area contributed by atoms with Gasteiger partial charge in [-0.25, -0.2) is 0 Å². The lowest BCUT2D eigenvalue weighted by atomic mass is 10.0. The number of carbonyl (C=O) groups excluding carboxylic acids is 3. The van der Waals surface area contributed by atoms with Crippen LogP contribution in [0.4, 0.5) is 0 Å². The quantitative estimate of drug-likeness (QED) is 0.0262. The molecule has 67 heavy (non-hydrogen) atoms. The lowest BCUT2D eigenvalue weighted by Gasteiger charge is -2.18. The Labute approximate surface area is 416 Å². The van der Waals surface area contributed by atoms with Gasteiger partial charge in [-0.2, -0.15) is 0 Å². The lowest BCUT2D eigenvalue weighted by Crippen LogP contribution is -2.30. The van der Waals surface area contributed by atoms with E-state index in [1.807, 2.05) is 0 Å². The maximum atomic E-state index is 12.8. The molecule has 0 N–H and O–H groups in total. The zero-order valence-corrected chi connectivity index (χ0v) is 44.9. The highest BCUT2D eigenvalue weighted by Crippen LogP contribution is 2.17. The van der Waals surface area contributed by atoms with Gasteiger partial charge in [0.25, 0.3) is 0 Å². The Bertz CT molecular complexity index is 1130. The molecule has 0 bridgehead atoms. The lowest BCUT2D eigenvalue weighted by molar-refractivity contribution is -0.167. The van der Waals surface area contributed by atoms with Gasteiger partial charge in [-0.1, -0.05) is 276 Å². The van der Waals surface area contributed by atoms with Crippen LogP contribution in [0, 0.1) is 0 Å². The van der Waals surface area contributed by atoms with Gasteiger partial charge in [-0.05, 0) is 57.8 Å². The summed E-state index contributed by atoms with van der Waals surface area (Å²) in [4.78, 5) is 38.1. The van der Waals surface area contributed by atoms with E-state index in [-0.39, 0.29) is 37.5 Å². The highest BCUT2D eigenvalue weighted by molar-refractivity contribution is 5.71. The van der Waals surface area contributed by atoms with E-state index in [4.69, 9.17) is 14.2 Å². The van der Waals surface area contributed by atoms with E-state index < -0.39 is 6.10 Å². The summed E-state index contributed by atoms with van der Waals surface area (Å²) in [5, 5.41) is 0. The maximum absolute atomic E-state index is 12.8. The topological polar surface area (TPSA) is 78.9 Å². The second-order valence-electron chi connectivity index (χ2n) is 19.9. The van der Waals surface area contributed by atoms with Gasteiger partial charge in [0.15, 0.2) is 6.10 Å². The molecule has 0 spiro atoms. The van der Waals surface area contributed by atoms with Gasteiger partial charge < -0.3 is 14.2 Å². The van der Waals surface area contributed by atoms with Gasteiger partial charge in [0.05, 0.1) is 0 Å². The molecule has 0 saturated carbocycles. The molecule has 0 aliphatic heterocycles. The molecular formula is C61H112O6. The molecule has 0 aliphatic carbocycles. The first-order valence-corrected chi connectivity index (χ1v) is 29.5. The summed E-state index contributed by atoms with van der Waals surface area (Å²) in [5.41, 5.74) is 0. The van der Waals surface area contributed by atoms with Crippen molar-refractivity contribution in [2.24, 2.45) is 0 Å². The molecule has 0 aliphatic rings. The minimum Gasteiger partial charge on any atom is -0.462 e. The van der Waals surface area contributed by atoms with Crippen molar-refractivity contribution in [1.29, 1.82) is 0 Å². The van der Waals surface area contributed by atoms with Crippen LogP contribution >= 0.6 is 0 Å². The minimum absolute atomic E-state index is 0.0825. The summed E-state index contributed by atoms with van der Waals surface area (Å²) < 4.78 is 16.9. The third kappa shape index (κ3) is 54.4. The summed E-state index contributed by atoms with van der Waals surface area (Å²) in [6, 6.07) is 0. The molecule has 0 heterocycles. The number of esters is 3. The normalized spacial score (nSPS) is 12.2. The Morgan fingerprint density at radius 3 is 0.866 bits per heavy atom. The Kier molecular flexibility index (Phi) is 54.2. The van der Waals surface area contributed by atoms with Crippen LogP contribution in [-0.2, 0) is 28.6 Å². The van der Waals surface area contributed by atoms with Crippen molar-refractivity contribution in [2.45, 2.75) is 322 Å². The van der Waals surface area contributed by atoms with Crippen LogP contribution in [0.3, 0.4) is 0 Å². The van der Waals surface area contributed by atoms with Crippen LogP contribution in [0.2, 0.25) is 0 Å². The molecule has 0 rings (SSSR count). The Balaban J connectivity index is 4.35. The van der Waals surface area contributed by atoms with Gasteiger partial charge in [0, 0.05) is 19.3 Å². The second kappa shape index (κ2) is 56.2. The Hall–Kier alpha value is -2.37. The number of carbonyl (C=O) groups is 3. The fourth-order valence-corrected chi connectivity index (χ4v) is 8.69. The van der Waals surface area contributed by atoms with Crippen LogP contribution < -0.4 is 0 Å². The smallest absolute Gasteiger partial charge is 0.306 e. The van der Waals surface area contributed by atoms with Crippen molar-refractivity contribution in [2.75, 3.05) is 13.2 Å². The molecular weight excluding hydrogens is 829 g/mol. The molecule has 0 unspecified atom stereocenters. The number of hydrogen-bond acceptors (Lipinski definition) is 6. The fraction of sp³-hybridized carbons (Fsp3) is 0.852. The number of hydrogen-bond donors (Lipinski definition) is 0. The summed E-state index contributed by atoms with van der Waals surface area (Å²) in [6.07, 6.45) is 67.1. The molecule has 0 radical (unpaired) electrons. The monoisotopic (exact) mass is 941 g/mol. The fourth-order valence-electron chi connectivity index (χ4n) is 8.69. The van der Waals surface area contributed by atoms with Crippen LogP contribution in [0.25, 0.3) is 0 Å². The molecule has 0 aromatic heterocycles. The molecule has 0 saturated heterocycles. The minimum atomic E-state index is -0.788. The number of ether oxygens (including phenoxy) is 3. The predicted octanol–water partition coefficient (Wildman–Crippen LogP) is 19.7. The summed E-state index contributed by atoms with van der Waals surface area (Å²) in [5.74, 6) is -0.901. The largest absolute Gasteiger partial charge is 0.462 e. The highest BCUT2D eigenvalue weighted by atomic mass is 16.6. The first kappa shape index (κ1) is 64.6. The second-order valence-corrected chi connectivity index (χ2v) is 19.9. The summed E-state index contributed by atoms with van der Waals surface area (Å²) in [7, 11) is 0. The van der Waals surface area contributed by atoms with Gasteiger partial charge in [-0.3, -0.25) is 14.4 Å². The van der Waals surface area contributed by atoms with Crippen molar-refractivity contribution in [1.82, 2.24) is 0 Å². The summed E-state index contributed by atoms with van der Waals surface area (Å²) in [6.45, 7) is 6.63. The van der Waals surface area contributed by atoms with Crippen LogP contribution in [0.5, 0.6) is 0 Å². The van der Waals surface area contributed by atoms with E-state index >= 15 is 0 Å². The Morgan fingerprint density at radius 1 is 0.299 bits per heavy atom. The van der Waals surface area contributed by atoms with Crippen molar-refractivity contribution < 1.29 is 28.6 Å². The highest BCUT2D eigenvalue weighted by Gasteiger charge is 2.19. The average molecular weight is 942 g/mol. The van der Waals surface area contributed by atoms with Crippen molar-refractivity contribution in [3.63, 3.8) is 0 Å². The molecule has 6 heteroatoms. The van der Waals surface area contributed by atoms with Gasteiger partial charge in [-0.15, -0.1) is 0 Å². The zero-order valence-electron chi connectivity index (χ0n) is 44.9. The molecule has 0 amide bonds. The van der Waals surface area contributed by atoms with Crippen molar-refractivity contribution >= 4 is 17.9 Å². The van der Waals surface area contributed by atoms with E-state index in [0.717, 1.165) is 64.2 Å².